The molecule has 2 aromatic carbocycles. The van der Waals surface area contributed by atoms with E-state index in [9.17, 15) is 15.2 Å². The zero-order valence-electron chi connectivity index (χ0n) is 16.9. The summed E-state index contributed by atoms with van der Waals surface area (Å²) in [6.45, 7) is 3.60. The highest BCUT2D eigenvalue weighted by Crippen LogP contribution is 2.28. The van der Waals surface area contributed by atoms with Gasteiger partial charge in [-0.25, -0.2) is 0 Å². The normalized spacial score (nSPS) is 16.3. The number of nitrogens with zero attached hydrogens (tertiary/aromatic N) is 2. The molecule has 1 aliphatic rings. The van der Waals surface area contributed by atoms with Gasteiger partial charge in [-0.2, -0.15) is 5.26 Å². The topological polar surface area (TPSA) is 84.6 Å². The summed E-state index contributed by atoms with van der Waals surface area (Å²) in [5.74, 6) is -0.307. The average Bonchev–Trinajstić information content (AvgIpc) is 2.77. The Labute approximate surface area is 171 Å². The molecule has 29 heavy (non-hydrogen) atoms. The van der Waals surface area contributed by atoms with E-state index < -0.39 is 6.10 Å². The molecule has 1 unspecified atom stereocenters. The van der Waals surface area contributed by atoms with Gasteiger partial charge in [0, 0.05) is 25.2 Å². The fraction of sp³-hybridized carbons (Fsp3) is 0.417. The summed E-state index contributed by atoms with van der Waals surface area (Å²) >= 11 is 0. The number of nitriles is 1. The van der Waals surface area contributed by atoms with Crippen LogP contribution in [-0.2, 0) is 4.79 Å². The highest BCUT2D eigenvalue weighted by molar-refractivity contribution is 6.06. The number of rotatable bonds is 7. The molecule has 1 atom stereocenters. The molecule has 5 nitrogen and oxygen atoms in total. The number of benzene rings is 2. The van der Waals surface area contributed by atoms with Crippen LogP contribution in [-0.4, -0.2) is 41.8 Å². The van der Waals surface area contributed by atoms with Crippen LogP contribution in [0, 0.1) is 11.3 Å². The number of piperidine rings is 1. The Morgan fingerprint density at radius 2 is 1.83 bits per heavy atom. The minimum atomic E-state index is -0.936. The number of carbonyl (C=O) groups excluding carboxylic acids is 1. The summed E-state index contributed by atoms with van der Waals surface area (Å²) in [7, 11) is 0. The van der Waals surface area contributed by atoms with Crippen molar-refractivity contribution in [3.05, 3.63) is 47.5 Å². The Morgan fingerprint density at radius 1 is 1.14 bits per heavy atom. The van der Waals surface area contributed by atoms with E-state index >= 15 is 0 Å². The molecule has 5 heteroatoms. The van der Waals surface area contributed by atoms with Crippen molar-refractivity contribution in [2.75, 3.05) is 24.6 Å². The number of hydrogen-bond acceptors (Lipinski definition) is 5. The predicted octanol–water partition coefficient (Wildman–Crippen LogP) is 3.83. The maximum Gasteiger partial charge on any atom is 0.173 e. The number of carbonyl (C=O) groups is 1. The Morgan fingerprint density at radius 3 is 2.52 bits per heavy atom. The van der Waals surface area contributed by atoms with Crippen LogP contribution in [0.15, 0.2) is 42.0 Å². The van der Waals surface area contributed by atoms with Gasteiger partial charge in [-0.05, 0) is 72.7 Å². The molecule has 1 heterocycles. The fourth-order valence-electron chi connectivity index (χ4n) is 3.83. The minimum Gasteiger partial charge on any atom is -0.394 e. The summed E-state index contributed by atoms with van der Waals surface area (Å²) < 4.78 is 0. The third-order valence-electron chi connectivity index (χ3n) is 5.66. The van der Waals surface area contributed by atoms with Gasteiger partial charge >= 0.3 is 0 Å². The van der Waals surface area contributed by atoms with Gasteiger partial charge in [0.25, 0.3) is 0 Å². The lowest BCUT2D eigenvalue weighted by Crippen LogP contribution is -2.29. The average molecular weight is 392 g/mol. The van der Waals surface area contributed by atoms with Crippen molar-refractivity contribution in [3.8, 4) is 6.07 Å². The standard InChI is InChI=1S/C24H28N2O3/c1-17(23(15-25)24(29)10-9-22(28)16-27)18-5-6-20-14-21(8-7-19(20)13-18)26-11-3-2-4-12-26/h5-8,13-14,22,27-28H,2-4,9-12,16H2,1H3/b23-17+. The van der Waals surface area contributed by atoms with Crippen LogP contribution in [0.5, 0.6) is 0 Å². The second kappa shape index (κ2) is 9.69. The lowest BCUT2D eigenvalue weighted by molar-refractivity contribution is -0.115. The summed E-state index contributed by atoms with van der Waals surface area (Å²) in [5, 5.41) is 30.0. The van der Waals surface area contributed by atoms with Crippen molar-refractivity contribution < 1.29 is 15.0 Å². The van der Waals surface area contributed by atoms with E-state index in [2.05, 4.69) is 23.1 Å². The highest BCUT2D eigenvalue weighted by Gasteiger charge is 2.16. The number of ketones is 1. The quantitative estimate of drug-likeness (QED) is 0.553. The lowest BCUT2D eigenvalue weighted by Gasteiger charge is -2.29. The molecule has 2 aromatic rings. The van der Waals surface area contributed by atoms with Gasteiger partial charge in [-0.15, -0.1) is 0 Å². The predicted molar refractivity (Wildman–Crippen MR) is 116 cm³/mol. The molecular weight excluding hydrogens is 364 g/mol. The van der Waals surface area contributed by atoms with Gasteiger partial charge in [0.05, 0.1) is 18.3 Å². The highest BCUT2D eigenvalue weighted by atomic mass is 16.3. The van der Waals surface area contributed by atoms with E-state index in [1.54, 1.807) is 6.92 Å². The Bertz CT molecular complexity index is 952. The van der Waals surface area contributed by atoms with Gasteiger partial charge in [0.2, 0.25) is 0 Å². The van der Waals surface area contributed by atoms with E-state index in [1.807, 2.05) is 24.3 Å². The summed E-state index contributed by atoms with van der Waals surface area (Å²) in [6.07, 6.45) is 3.02. The Hall–Kier alpha value is -2.68. The van der Waals surface area contributed by atoms with Crippen LogP contribution in [0.2, 0.25) is 0 Å². The maximum atomic E-state index is 12.4. The minimum absolute atomic E-state index is 0.0364. The first-order valence-corrected chi connectivity index (χ1v) is 10.3. The second-order valence-electron chi connectivity index (χ2n) is 7.70. The number of aliphatic hydroxyl groups excluding tert-OH is 2. The van der Waals surface area contributed by atoms with Crippen molar-refractivity contribution in [1.29, 1.82) is 5.26 Å². The van der Waals surface area contributed by atoms with Crippen molar-refractivity contribution in [2.45, 2.75) is 45.1 Å². The molecule has 0 amide bonds. The van der Waals surface area contributed by atoms with Crippen molar-refractivity contribution >= 4 is 27.8 Å². The van der Waals surface area contributed by atoms with Gasteiger partial charge in [-0.3, -0.25) is 4.79 Å². The number of Topliss-reactive ketones (excluding diaryl/α,β-unsaturated/α-hetero) is 1. The Balaban J connectivity index is 1.85. The van der Waals surface area contributed by atoms with Crippen LogP contribution in [0.1, 0.15) is 44.6 Å². The first kappa shape index (κ1) is 21.0. The van der Waals surface area contributed by atoms with E-state index in [0.29, 0.717) is 5.57 Å². The van der Waals surface area contributed by atoms with Crippen LogP contribution < -0.4 is 4.90 Å². The molecule has 0 radical (unpaired) electrons. The van der Waals surface area contributed by atoms with Gasteiger partial charge in [0.15, 0.2) is 5.78 Å². The molecule has 2 N–H and O–H groups in total. The van der Waals surface area contributed by atoms with E-state index in [4.69, 9.17) is 5.11 Å². The fourth-order valence-corrected chi connectivity index (χ4v) is 3.83. The van der Waals surface area contributed by atoms with E-state index in [0.717, 1.165) is 29.4 Å². The summed E-state index contributed by atoms with van der Waals surface area (Å²) in [5.41, 5.74) is 2.83. The van der Waals surface area contributed by atoms with E-state index in [-0.39, 0.29) is 30.8 Å². The van der Waals surface area contributed by atoms with Crippen LogP contribution >= 0.6 is 0 Å². The van der Waals surface area contributed by atoms with E-state index in [1.165, 1.54) is 24.9 Å². The molecule has 0 aliphatic carbocycles. The largest absolute Gasteiger partial charge is 0.394 e. The van der Waals surface area contributed by atoms with Gasteiger partial charge in [-0.1, -0.05) is 18.2 Å². The molecule has 0 spiro atoms. The smallest absolute Gasteiger partial charge is 0.173 e. The first-order valence-electron chi connectivity index (χ1n) is 10.3. The van der Waals surface area contributed by atoms with Crippen molar-refractivity contribution in [3.63, 3.8) is 0 Å². The number of aliphatic hydroxyl groups is 2. The first-order chi connectivity index (χ1) is 14.0. The molecule has 0 saturated carbocycles. The number of anilines is 1. The zero-order chi connectivity index (χ0) is 20.8. The monoisotopic (exact) mass is 392 g/mol. The second-order valence-corrected chi connectivity index (χ2v) is 7.70. The molecule has 1 saturated heterocycles. The molecule has 1 aliphatic heterocycles. The van der Waals surface area contributed by atoms with Gasteiger partial charge in [0.1, 0.15) is 6.07 Å². The lowest BCUT2D eigenvalue weighted by atomic mass is 9.95. The Kier molecular flexibility index (Phi) is 7.03. The molecule has 0 aromatic heterocycles. The zero-order valence-corrected chi connectivity index (χ0v) is 16.9. The molecule has 3 rings (SSSR count). The third kappa shape index (κ3) is 5.03. The third-order valence-corrected chi connectivity index (χ3v) is 5.66. The van der Waals surface area contributed by atoms with Crippen LogP contribution in [0.3, 0.4) is 0 Å². The summed E-state index contributed by atoms with van der Waals surface area (Å²) in [6, 6.07) is 14.5. The van der Waals surface area contributed by atoms with Gasteiger partial charge < -0.3 is 15.1 Å². The number of allylic oxidation sites excluding steroid dienone is 2. The van der Waals surface area contributed by atoms with Crippen LogP contribution in [0.4, 0.5) is 5.69 Å². The molecule has 0 bridgehead atoms. The molecular formula is C24H28N2O3. The maximum absolute atomic E-state index is 12.4. The molecule has 152 valence electrons. The van der Waals surface area contributed by atoms with Crippen molar-refractivity contribution in [1.82, 2.24) is 0 Å². The molecule has 1 fully saturated rings. The number of fused-ring (bicyclic) bond motifs is 1. The SMILES string of the molecule is C/C(=C(/C#N)C(=O)CCC(O)CO)c1ccc2cc(N3CCCCC3)ccc2c1. The number of hydrogen-bond donors (Lipinski definition) is 2. The van der Waals surface area contributed by atoms with Crippen LogP contribution in [0.25, 0.3) is 16.3 Å². The van der Waals surface area contributed by atoms with Crippen molar-refractivity contribution in [2.24, 2.45) is 0 Å². The summed E-state index contributed by atoms with van der Waals surface area (Å²) in [4.78, 5) is 14.8.